The number of amides is 5. The Morgan fingerprint density at radius 1 is 0.908 bits per heavy atom. The number of hydrogen-bond acceptors (Lipinski definition) is 13. The highest BCUT2D eigenvalue weighted by Gasteiger charge is 2.43. The van der Waals surface area contributed by atoms with Gasteiger partial charge in [0.05, 0.1) is 35.9 Å². The van der Waals surface area contributed by atoms with Gasteiger partial charge in [-0.05, 0) is 121 Å². The van der Waals surface area contributed by atoms with Crippen molar-refractivity contribution in [3.05, 3.63) is 89.2 Å². The Kier molecular flexibility index (Phi) is 19.1. The van der Waals surface area contributed by atoms with Crippen molar-refractivity contribution in [1.82, 2.24) is 45.2 Å². The lowest BCUT2D eigenvalue weighted by Gasteiger charge is -2.38. The Morgan fingerprint density at radius 3 is 2.38 bits per heavy atom. The zero-order valence-electron chi connectivity index (χ0n) is 43.9. The normalized spacial score (nSPS) is 20.9. The number of ether oxygens (including phenoxy) is 1. The number of nitrogens with zero attached hydrogens (tertiary/aromatic N) is 7. The lowest BCUT2D eigenvalue weighted by atomic mass is 9.87. The fraction of sp³-hybridized carbons (Fsp3) is 0.545. The summed E-state index contributed by atoms with van der Waals surface area (Å²) in [5.41, 5.74) is 1.68. The third kappa shape index (κ3) is 13.9. The number of likely N-dealkylation sites (N-methyl/N-ethyl adjacent to an activating group) is 1. The molecule has 2 saturated heterocycles. The number of hydrogen-bond donors (Lipinski definition) is 4. The van der Waals surface area contributed by atoms with Crippen LogP contribution in [0.25, 0.3) is 5.65 Å². The van der Waals surface area contributed by atoms with Crippen molar-refractivity contribution in [2.75, 3.05) is 57.4 Å². The van der Waals surface area contributed by atoms with E-state index in [-0.39, 0.29) is 73.0 Å². The molecular weight excluding hydrogens is 997 g/mol. The molecule has 4 aliphatic heterocycles. The molecule has 4 aliphatic rings. The molecule has 2 bridgehead atoms. The van der Waals surface area contributed by atoms with Crippen molar-refractivity contribution >= 4 is 63.6 Å². The average molecular weight is 1070 g/mol. The van der Waals surface area contributed by atoms with E-state index in [0.717, 1.165) is 43.6 Å². The molecule has 76 heavy (non-hydrogen) atoms. The second kappa shape index (κ2) is 26.0. The molecular formula is C55H71F2N11O7S. The minimum atomic E-state index is -0.779. The van der Waals surface area contributed by atoms with Gasteiger partial charge in [-0.15, -0.1) is 11.8 Å². The number of carbonyl (C=O) groups excluding carboxylic acids is 6. The van der Waals surface area contributed by atoms with E-state index in [9.17, 15) is 37.5 Å². The Labute approximate surface area is 446 Å². The number of unbranched alkanes of at least 4 members (excludes halogenated alkanes) is 5. The smallest absolute Gasteiger partial charge is 0.259 e. The van der Waals surface area contributed by atoms with Crippen LogP contribution in [-0.2, 0) is 19.2 Å². The molecule has 6 atom stereocenters. The summed E-state index contributed by atoms with van der Waals surface area (Å²) in [6.45, 7) is 7.60. The highest BCUT2D eigenvalue weighted by molar-refractivity contribution is 8.14. The number of ketones is 1. The SMILES string of the molecule is CN[C@@H](C)C(=O)N[C@H](C(=O)N1CCC[C@H]1C1=NC(C(=O)c2ccc(F)cc2)CS1)C1CCN(C(=O)CCCCCCCCC(=O)NCCN2C[C@H](C)Oc3ccc(F)cc3[C@@H](C)Nc3ccn4ncc(c4n3)C2=O)CC1. The molecule has 1 unspecified atom stereocenters. The van der Waals surface area contributed by atoms with E-state index in [0.29, 0.717) is 97.8 Å². The van der Waals surface area contributed by atoms with Crippen molar-refractivity contribution in [3.8, 4) is 5.75 Å². The topological polar surface area (TPSA) is 212 Å². The summed E-state index contributed by atoms with van der Waals surface area (Å²) in [4.78, 5) is 96.0. The number of halogens is 2. The summed E-state index contributed by atoms with van der Waals surface area (Å²) in [5.74, 6) is -0.535. The molecule has 6 heterocycles. The van der Waals surface area contributed by atoms with Crippen LogP contribution < -0.4 is 26.0 Å². The van der Waals surface area contributed by atoms with E-state index in [4.69, 9.17) is 9.73 Å². The number of benzene rings is 2. The van der Waals surface area contributed by atoms with Crippen LogP contribution in [0.15, 0.2) is 65.9 Å². The first kappa shape index (κ1) is 55.7. The van der Waals surface area contributed by atoms with Crippen LogP contribution in [0.2, 0.25) is 0 Å². The van der Waals surface area contributed by atoms with Gasteiger partial charge in [0.1, 0.15) is 47.0 Å². The number of Topliss-reactive ketones (excluding diaryl/α,β-unsaturated/α-hetero) is 1. The lowest BCUT2D eigenvalue weighted by Crippen LogP contribution is -2.58. The van der Waals surface area contributed by atoms with Crippen molar-refractivity contribution in [3.63, 3.8) is 0 Å². The van der Waals surface area contributed by atoms with Crippen molar-refractivity contribution in [2.24, 2.45) is 10.9 Å². The van der Waals surface area contributed by atoms with Crippen molar-refractivity contribution in [2.45, 2.75) is 134 Å². The summed E-state index contributed by atoms with van der Waals surface area (Å²) in [7, 11) is 1.69. The predicted molar refractivity (Wildman–Crippen MR) is 286 cm³/mol. The van der Waals surface area contributed by atoms with Crippen LogP contribution in [0, 0.1) is 17.6 Å². The molecule has 0 aliphatic carbocycles. The predicted octanol–water partition coefficient (Wildman–Crippen LogP) is 6.36. The summed E-state index contributed by atoms with van der Waals surface area (Å²) in [6.07, 6.45) is 11.2. The summed E-state index contributed by atoms with van der Waals surface area (Å²) < 4.78 is 35.8. The number of carbonyl (C=O) groups is 6. The number of piperidine rings is 1. The van der Waals surface area contributed by atoms with Gasteiger partial charge in [0.2, 0.25) is 23.6 Å². The maximum atomic E-state index is 14.5. The minimum absolute atomic E-state index is 0.0803. The van der Waals surface area contributed by atoms with E-state index in [2.05, 4.69) is 31.3 Å². The first-order valence-electron chi connectivity index (χ1n) is 26.9. The molecule has 8 rings (SSSR count). The number of fused-ring (bicyclic) bond motifs is 2. The zero-order chi connectivity index (χ0) is 53.9. The summed E-state index contributed by atoms with van der Waals surface area (Å²) in [6, 6.07) is 8.96. The van der Waals surface area contributed by atoms with Crippen LogP contribution in [0.3, 0.4) is 0 Å². The van der Waals surface area contributed by atoms with Gasteiger partial charge in [-0.25, -0.2) is 18.3 Å². The molecule has 2 fully saturated rings. The van der Waals surface area contributed by atoms with E-state index in [1.165, 1.54) is 58.9 Å². The molecule has 0 spiro atoms. The summed E-state index contributed by atoms with van der Waals surface area (Å²) >= 11 is 1.47. The van der Waals surface area contributed by atoms with Gasteiger partial charge in [-0.3, -0.25) is 33.8 Å². The molecule has 4 aromatic rings. The van der Waals surface area contributed by atoms with Gasteiger partial charge in [-0.1, -0.05) is 25.7 Å². The average Bonchev–Trinajstić information content (AvgIpc) is 4.24. The molecule has 0 saturated carbocycles. The van der Waals surface area contributed by atoms with Crippen molar-refractivity contribution < 1.29 is 42.3 Å². The van der Waals surface area contributed by atoms with Crippen LogP contribution in [0.4, 0.5) is 14.6 Å². The number of likely N-dealkylation sites (tertiary alicyclic amines) is 2. The number of aliphatic imine (C=N–C) groups is 1. The molecule has 4 N–H and O–H groups in total. The molecule has 5 amide bonds. The van der Waals surface area contributed by atoms with Gasteiger partial charge < -0.3 is 40.7 Å². The van der Waals surface area contributed by atoms with Crippen LogP contribution in [-0.4, -0.2) is 152 Å². The molecule has 0 radical (unpaired) electrons. The monoisotopic (exact) mass is 1070 g/mol. The van der Waals surface area contributed by atoms with Gasteiger partial charge in [0, 0.05) is 68.6 Å². The van der Waals surface area contributed by atoms with Crippen LogP contribution in [0.1, 0.15) is 130 Å². The van der Waals surface area contributed by atoms with Crippen LogP contribution >= 0.6 is 11.8 Å². The number of thioether (sulfide) groups is 1. The fourth-order valence-corrected chi connectivity index (χ4v) is 11.7. The standard InChI is InChI=1S/C55H71F2N11O7S/c1-34-32-66(54(73)42-31-60-68-28-23-46(63-51(42)68)61-35(2)41-30-40(57)19-20-45(41)75-34)29-24-59-47(69)13-9-7-5-6-8-10-14-48(70)65-26-21-37(22-27-65)49(64-52(72)36(3)58-4)55(74)67-25-11-12-44(67)53-62-43(33-76-53)50(71)38-15-17-39(56)18-16-38/h15-20,23,28,30-31,34-37,43-44,49,58H,5-14,21-22,24-27,29,32-33H2,1-4H3,(H,59,69)(H,61,63)(H,64,72)/t34-,35+,36-,43?,44-,49-/m0/s1. The summed E-state index contributed by atoms with van der Waals surface area (Å²) in [5, 5.41) is 17.3. The maximum Gasteiger partial charge on any atom is 0.259 e. The minimum Gasteiger partial charge on any atom is -0.489 e. The van der Waals surface area contributed by atoms with E-state index < -0.39 is 35.9 Å². The highest BCUT2D eigenvalue weighted by atomic mass is 32.2. The van der Waals surface area contributed by atoms with E-state index in [1.54, 1.807) is 37.2 Å². The maximum absolute atomic E-state index is 14.5. The van der Waals surface area contributed by atoms with E-state index in [1.807, 2.05) is 23.6 Å². The van der Waals surface area contributed by atoms with Crippen molar-refractivity contribution in [1.29, 1.82) is 0 Å². The fourth-order valence-electron chi connectivity index (χ4n) is 10.5. The molecule has 21 heteroatoms. The third-order valence-electron chi connectivity index (χ3n) is 14.9. The Hall–Kier alpha value is -6.48. The molecule has 18 nitrogen and oxygen atoms in total. The Bertz CT molecular complexity index is 2750. The number of aromatic nitrogens is 3. The number of nitrogens with one attached hydrogen (secondary N) is 4. The first-order chi connectivity index (χ1) is 36.7. The van der Waals surface area contributed by atoms with Gasteiger partial charge in [-0.2, -0.15) is 5.10 Å². The van der Waals surface area contributed by atoms with Crippen LogP contribution in [0.5, 0.6) is 5.75 Å². The zero-order valence-corrected chi connectivity index (χ0v) is 44.7. The quantitative estimate of drug-likeness (QED) is 0.0563. The second-order valence-corrected chi connectivity index (χ2v) is 21.4. The second-order valence-electron chi connectivity index (χ2n) is 20.4. The van der Waals surface area contributed by atoms with Gasteiger partial charge >= 0.3 is 0 Å². The first-order valence-corrected chi connectivity index (χ1v) is 27.8. The number of rotatable bonds is 20. The van der Waals surface area contributed by atoms with Gasteiger partial charge in [0.15, 0.2) is 11.4 Å². The molecule has 2 aromatic carbocycles. The third-order valence-corrected chi connectivity index (χ3v) is 16.1. The van der Waals surface area contributed by atoms with Gasteiger partial charge in [0.25, 0.3) is 5.91 Å². The Morgan fingerprint density at radius 2 is 1.63 bits per heavy atom. The highest BCUT2D eigenvalue weighted by Crippen LogP contribution is 2.34. The Balaban J connectivity index is 0.744. The number of anilines is 1. The largest absolute Gasteiger partial charge is 0.489 e. The lowest BCUT2D eigenvalue weighted by molar-refractivity contribution is -0.139. The van der Waals surface area contributed by atoms with E-state index >= 15 is 0 Å². The molecule has 2 aromatic heterocycles. The molecule has 408 valence electrons.